The molecule has 1 saturated heterocycles. The quantitative estimate of drug-likeness (QED) is 0.675. The zero-order chi connectivity index (χ0) is 19.9. The van der Waals surface area contributed by atoms with Gasteiger partial charge in [-0.2, -0.15) is 0 Å². The maximum atomic E-state index is 12.9. The standard InChI is InChI=1S/C20H22FN3O3S/c21-16-4-6-17(7-5-16)27-18-8-3-15(11-23-18)13-24-12-14(10-19(24)25)2-1-9-28-20(22)26/h3-8,11,14H,1-2,9-10,12-13H2,(H2,22,26)/t14-/m1/s1. The summed E-state index contributed by atoms with van der Waals surface area (Å²) in [5, 5.41) is -0.358. The molecule has 0 saturated carbocycles. The van der Waals surface area contributed by atoms with E-state index in [1.807, 2.05) is 11.0 Å². The summed E-state index contributed by atoms with van der Waals surface area (Å²) in [7, 11) is 0. The summed E-state index contributed by atoms with van der Waals surface area (Å²) in [5.41, 5.74) is 6.03. The van der Waals surface area contributed by atoms with Crippen molar-refractivity contribution in [3.8, 4) is 11.6 Å². The minimum atomic E-state index is -0.358. The molecule has 0 unspecified atom stereocenters. The lowest BCUT2D eigenvalue weighted by atomic mass is 10.0. The van der Waals surface area contributed by atoms with Gasteiger partial charge in [-0.3, -0.25) is 9.59 Å². The molecule has 148 valence electrons. The average Bonchev–Trinajstić information content (AvgIpc) is 3.01. The first-order valence-corrected chi connectivity index (χ1v) is 10.1. The molecule has 1 fully saturated rings. The summed E-state index contributed by atoms with van der Waals surface area (Å²) < 4.78 is 18.5. The molecule has 6 nitrogen and oxygen atoms in total. The van der Waals surface area contributed by atoms with Crippen molar-refractivity contribution in [2.24, 2.45) is 11.7 Å². The van der Waals surface area contributed by atoms with Crippen LogP contribution >= 0.6 is 11.8 Å². The van der Waals surface area contributed by atoms with Crippen molar-refractivity contribution in [2.75, 3.05) is 12.3 Å². The highest BCUT2D eigenvalue weighted by molar-refractivity contribution is 8.13. The number of primary amides is 1. The summed E-state index contributed by atoms with van der Waals surface area (Å²) in [6.45, 7) is 1.23. The van der Waals surface area contributed by atoms with Gasteiger partial charge in [0.15, 0.2) is 0 Å². The Labute approximate surface area is 167 Å². The maximum Gasteiger partial charge on any atom is 0.276 e. The maximum absolute atomic E-state index is 12.9. The predicted molar refractivity (Wildman–Crippen MR) is 106 cm³/mol. The number of hydrogen-bond donors (Lipinski definition) is 1. The number of carbonyl (C=O) groups is 2. The van der Waals surface area contributed by atoms with Gasteiger partial charge in [0, 0.05) is 37.5 Å². The number of nitrogens with two attached hydrogens (primary N) is 1. The second kappa shape index (κ2) is 9.54. The van der Waals surface area contributed by atoms with Gasteiger partial charge in [0.25, 0.3) is 5.24 Å². The van der Waals surface area contributed by atoms with Crippen LogP contribution in [-0.2, 0) is 11.3 Å². The van der Waals surface area contributed by atoms with Crippen LogP contribution in [0.15, 0.2) is 42.6 Å². The normalized spacial score (nSPS) is 16.4. The van der Waals surface area contributed by atoms with Gasteiger partial charge < -0.3 is 15.4 Å². The van der Waals surface area contributed by atoms with Crippen LogP contribution < -0.4 is 10.5 Å². The van der Waals surface area contributed by atoms with E-state index in [-0.39, 0.29) is 17.0 Å². The van der Waals surface area contributed by atoms with Crippen LogP contribution in [0.25, 0.3) is 0 Å². The molecule has 1 aromatic heterocycles. The fraction of sp³-hybridized carbons (Fsp3) is 0.350. The van der Waals surface area contributed by atoms with E-state index in [9.17, 15) is 14.0 Å². The van der Waals surface area contributed by atoms with Crippen LogP contribution in [0.2, 0.25) is 0 Å². The molecule has 0 bridgehead atoms. The Balaban J connectivity index is 1.47. The number of hydrogen-bond acceptors (Lipinski definition) is 5. The molecule has 0 radical (unpaired) electrons. The molecular formula is C20H22FN3O3S. The van der Waals surface area contributed by atoms with Gasteiger partial charge in [-0.25, -0.2) is 9.37 Å². The topological polar surface area (TPSA) is 85.5 Å². The molecule has 2 amide bonds. The van der Waals surface area contributed by atoms with Gasteiger partial charge in [-0.05, 0) is 48.6 Å². The molecule has 0 spiro atoms. The molecule has 1 aliphatic rings. The smallest absolute Gasteiger partial charge is 0.276 e. The van der Waals surface area contributed by atoms with E-state index in [2.05, 4.69) is 4.98 Å². The number of likely N-dealkylation sites (tertiary alicyclic amines) is 1. The molecule has 3 rings (SSSR count). The Kier molecular flexibility index (Phi) is 6.86. The highest BCUT2D eigenvalue weighted by Crippen LogP contribution is 2.25. The summed E-state index contributed by atoms with van der Waals surface area (Å²) in [6, 6.07) is 9.33. The third kappa shape index (κ3) is 5.95. The number of aromatic nitrogens is 1. The lowest BCUT2D eigenvalue weighted by Gasteiger charge is -2.16. The zero-order valence-corrected chi connectivity index (χ0v) is 16.2. The summed E-state index contributed by atoms with van der Waals surface area (Å²) in [5.74, 6) is 1.74. The van der Waals surface area contributed by atoms with Gasteiger partial charge in [-0.15, -0.1) is 0 Å². The number of pyridine rings is 1. The number of thioether (sulfide) groups is 1. The first-order chi connectivity index (χ1) is 13.5. The van der Waals surface area contributed by atoms with Crippen molar-refractivity contribution in [3.05, 3.63) is 54.0 Å². The number of carbonyl (C=O) groups excluding carboxylic acids is 2. The van der Waals surface area contributed by atoms with Gasteiger partial charge in [0.2, 0.25) is 11.8 Å². The van der Waals surface area contributed by atoms with Gasteiger partial charge >= 0.3 is 0 Å². The molecule has 1 aromatic carbocycles. The van der Waals surface area contributed by atoms with E-state index in [4.69, 9.17) is 10.5 Å². The van der Waals surface area contributed by atoms with Crippen molar-refractivity contribution in [3.63, 3.8) is 0 Å². The second-order valence-corrected chi connectivity index (χ2v) is 7.81. The number of ether oxygens (including phenoxy) is 1. The number of rotatable bonds is 8. The lowest BCUT2D eigenvalue weighted by molar-refractivity contribution is -0.128. The van der Waals surface area contributed by atoms with E-state index in [0.29, 0.717) is 42.8 Å². The van der Waals surface area contributed by atoms with E-state index >= 15 is 0 Å². The van der Waals surface area contributed by atoms with Crippen LogP contribution in [0.3, 0.4) is 0 Å². The van der Waals surface area contributed by atoms with Crippen molar-refractivity contribution < 1.29 is 18.7 Å². The van der Waals surface area contributed by atoms with Crippen molar-refractivity contribution in [1.29, 1.82) is 0 Å². The Hall–Kier alpha value is -2.61. The van der Waals surface area contributed by atoms with Gasteiger partial charge in [0.05, 0.1) is 0 Å². The van der Waals surface area contributed by atoms with Crippen LogP contribution in [0.1, 0.15) is 24.8 Å². The van der Waals surface area contributed by atoms with E-state index in [1.54, 1.807) is 12.3 Å². The SMILES string of the molecule is NC(=O)SCCC[C@@H]1CC(=O)N(Cc2ccc(Oc3ccc(F)cc3)nc2)C1. The second-order valence-electron chi connectivity index (χ2n) is 6.71. The fourth-order valence-corrected chi connectivity index (χ4v) is 3.67. The van der Waals surface area contributed by atoms with Gasteiger partial charge in [0.1, 0.15) is 11.6 Å². The van der Waals surface area contributed by atoms with Crippen molar-refractivity contribution >= 4 is 22.9 Å². The van der Waals surface area contributed by atoms with Crippen LogP contribution in [-0.4, -0.2) is 33.3 Å². The molecule has 1 aliphatic heterocycles. The Bertz CT molecular complexity index is 814. The van der Waals surface area contributed by atoms with Crippen LogP contribution in [0, 0.1) is 11.7 Å². The molecule has 1 atom stereocenters. The summed E-state index contributed by atoms with van der Waals surface area (Å²) >= 11 is 1.12. The monoisotopic (exact) mass is 403 g/mol. The number of halogens is 1. The van der Waals surface area contributed by atoms with E-state index in [1.165, 1.54) is 24.3 Å². The number of amides is 2. The largest absolute Gasteiger partial charge is 0.439 e. The third-order valence-corrected chi connectivity index (χ3v) is 5.28. The molecule has 2 aromatic rings. The molecule has 2 heterocycles. The Morgan fingerprint density at radius 2 is 2.07 bits per heavy atom. The predicted octanol–water partition coefficient (Wildman–Crippen LogP) is 3.95. The average molecular weight is 403 g/mol. The fourth-order valence-electron chi connectivity index (χ4n) is 3.15. The first kappa shape index (κ1) is 20.1. The number of nitrogens with zero attached hydrogens (tertiary/aromatic N) is 2. The Morgan fingerprint density at radius 3 is 2.75 bits per heavy atom. The molecular weight excluding hydrogens is 381 g/mol. The van der Waals surface area contributed by atoms with Crippen LogP contribution in [0.5, 0.6) is 11.6 Å². The zero-order valence-electron chi connectivity index (χ0n) is 15.3. The highest BCUT2D eigenvalue weighted by atomic mass is 32.2. The Morgan fingerprint density at radius 1 is 1.29 bits per heavy atom. The van der Waals surface area contributed by atoms with Gasteiger partial charge in [-0.1, -0.05) is 17.8 Å². The summed E-state index contributed by atoms with van der Waals surface area (Å²) in [6.07, 6.45) is 4.00. The minimum absolute atomic E-state index is 0.138. The third-order valence-electron chi connectivity index (χ3n) is 4.50. The molecule has 8 heteroatoms. The first-order valence-electron chi connectivity index (χ1n) is 9.08. The lowest BCUT2D eigenvalue weighted by Crippen LogP contribution is -2.24. The number of benzene rings is 1. The minimum Gasteiger partial charge on any atom is -0.439 e. The molecule has 0 aliphatic carbocycles. The van der Waals surface area contributed by atoms with Crippen LogP contribution in [0.4, 0.5) is 9.18 Å². The molecule has 2 N–H and O–H groups in total. The molecule has 28 heavy (non-hydrogen) atoms. The van der Waals surface area contributed by atoms with Crippen molar-refractivity contribution in [1.82, 2.24) is 9.88 Å². The van der Waals surface area contributed by atoms with E-state index in [0.717, 1.165) is 30.2 Å². The highest BCUT2D eigenvalue weighted by Gasteiger charge is 2.29. The van der Waals surface area contributed by atoms with E-state index < -0.39 is 0 Å². The van der Waals surface area contributed by atoms with Crippen molar-refractivity contribution in [2.45, 2.75) is 25.8 Å². The summed E-state index contributed by atoms with van der Waals surface area (Å²) in [4.78, 5) is 29.1.